The minimum absolute atomic E-state index is 0.0414. The Bertz CT molecular complexity index is 890. The van der Waals surface area contributed by atoms with Gasteiger partial charge < -0.3 is 10.1 Å². The summed E-state index contributed by atoms with van der Waals surface area (Å²) >= 11 is 0. The molecule has 136 valence electrons. The average molecular weight is 350 g/mol. The zero-order valence-corrected chi connectivity index (χ0v) is 15.7. The van der Waals surface area contributed by atoms with Crippen molar-refractivity contribution in [2.24, 2.45) is 0 Å². The van der Waals surface area contributed by atoms with Crippen LogP contribution in [0.4, 0.5) is 5.82 Å². The zero-order chi connectivity index (χ0) is 18.1. The maximum absolute atomic E-state index is 5.75. The Labute approximate surface area is 154 Å². The lowest BCUT2D eigenvalue weighted by atomic mass is 9.92. The van der Waals surface area contributed by atoms with Gasteiger partial charge >= 0.3 is 0 Å². The van der Waals surface area contributed by atoms with Gasteiger partial charge in [0, 0.05) is 30.2 Å². The predicted octanol–water partition coefficient (Wildman–Crippen LogP) is 4.28. The number of ether oxygens (including phenoxy) is 1. The molecule has 3 aromatic rings. The molecule has 0 spiro atoms. The molecule has 1 aromatic carbocycles. The van der Waals surface area contributed by atoms with Gasteiger partial charge in [-0.3, -0.25) is 0 Å². The summed E-state index contributed by atoms with van der Waals surface area (Å²) in [5.74, 6) is 0.970. The molecular weight excluding hydrogens is 324 g/mol. The van der Waals surface area contributed by atoms with Crippen LogP contribution >= 0.6 is 0 Å². The fraction of sp³-hybridized carbons (Fsp3) is 0.429. The van der Waals surface area contributed by atoms with Gasteiger partial charge in [-0.25, -0.2) is 4.98 Å². The van der Waals surface area contributed by atoms with Crippen molar-refractivity contribution in [3.63, 3.8) is 0 Å². The molecule has 4 rings (SSSR count). The van der Waals surface area contributed by atoms with E-state index in [9.17, 15) is 0 Å². The maximum atomic E-state index is 5.75. The number of hydrogen-bond donors (Lipinski definition) is 1. The van der Waals surface area contributed by atoms with Gasteiger partial charge in [0.2, 0.25) is 0 Å². The highest BCUT2D eigenvalue weighted by Crippen LogP contribution is 2.29. The molecular formula is C21H26N4O. The fourth-order valence-corrected chi connectivity index (χ4v) is 3.32. The summed E-state index contributed by atoms with van der Waals surface area (Å²) in [6.07, 6.45) is 4.44. The van der Waals surface area contributed by atoms with E-state index >= 15 is 0 Å². The monoisotopic (exact) mass is 350 g/mol. The Morgan fingerprint density at radius 3 is 2.73 bits per heavy atom. The number of rotatable bonds is 4. The van der Waals surface area contributed by atoms with Crippen LogP contribution in [0.15, 0.2) is 42.6 Å². The number of nitrogens with one attached hydrogen (secondary N) is 1. The van der Waals surface area contributed by atoms with Crippen LogP contribution < -0.4 is 5.32 Å². The summed E-state index contributed by atoms with van der Waals surface area (Å²) in [4.78, 5) is 4.95. The van der Waals surface area contributed by atoms with Crippen molar-refractivity contribution in [3.05, 3.63) is 48.3 Å². The molecule has 0 bridgehead atoms. The molecule has 5 nitrogen and oxygen atoms in total. The second-order valence-corrected chi connectivity index (χ2v) is 7.95. The highest BCUT2D eigenvalue weighted by atomic mass is 16.5. The number of hydrogen-bond acceptors (Lipinski definition) is 4. The molecule has 26 heavy (non-hydrogen) atoms. The van der Waals surface area contributed by atoms with E-state index in [1.54, 1.807) is 0 Å². The van der Waals surface area contributed by atoms with Crippen LogP contribution in [0.25, 0.3) is 16.8 Å². The number of fused-ring (bicyclic) bond motifs is 1. The normalized spacial score (nSPS) is 17.7. The lowest BCUT2D eigenvalue weighted by Gasteiger charge is -2.20. The zero-order valence-electron chi connectivity index (χ0n) is 15.7. The van der Waals surface area contributed by atoms with E-state index < -0.39 is 0 Å². The van der Waals surface area contributed by atoms with Crippen molar-refractivity contribution in [3.8, 4) is 11.1 Å². The molecule has 1 aliphatic rings. The number of nitrogens with zero attached hydrogens (tertiary/aromatic N) is 3. The van der Waals surface area contributed by atoms with Gasteiger partial charge in [0.05, 0.1) is 18.0 Å². The van der Waals surface area contributed by atoms with Crippen LogP contribution in [0.3, 0.4) is 0 Å². The summed E-state index contributed by atoms with van der Waals surface area (Å²) in [7, 11) is 0. The lowest BCUT2D eigenvalue weighted by molar-refractivity contribution is 0.120. The van der Waals surface area contributed by atoms with Gasteiger partial charge in [-0.05, 0) is 18.4 Å². The van der Waals surface area contributed by atoms with E-state index in [1.807, 2.05) is 28.9 Å². The molecule has 0 radical (unpaired) electrons. The Morgan fingerprint density at radius 2 is 2.04 bits per heavy atom. The Morgan fingerprint density at radius 1 is 1.23 bits per heavy atom. The average Bonchev–Trinajstić information content (AvgIpc) is 3.29. The largest absolute Gasteiger partial charge is 0.376 e. The van der Waals surface area contributed by atoms with Crippen molar-refractivity contribution in [2.75, 3.05) is 18.5 Å². The summed E-state index contributed by atoms with van der Waals surface area (Å²) in [5, 5.41) is 8.16. The van der Waals surface area contributed by atoms with Gasteiger partial charge in [-0.15, -0.1) is 0 Å². The van der Waals surface area contributed by atoms with Crippen molar-refractivity contribution in [1.29, 1.82) is 0 Å². The summed E-state index contributed by atoms with van der Waals surface area (Å²) in [6, 6.07) is 12.4. The van der Waals surface area contributed by atoms with Gasteiger partial charge in [-0.2, -0.15) is 9.61 Å². The summed E-state index contributed by atoms with van der Waals surface area (Å²) in [6.45, 7) is 8.23. The molecule has 0 aliphatic carbocycles. The van der Waals surface area contributed by atoms with E-state index in [1.165, 1.54) is 0 Å². The van der Waals surface area contributed by atoms with Gasteiger partial charge in [0.25, 0.3) is 0 Å². The molecule has 0 saturated carbocycles. The minimum atomic E-state index is -0.0414. The van der Waals surface area contributed by atoms with Crippen molar-refractivity contribution in [1.82, 2.24) is 14.6 Å². The minimum Gasteiger partial charge on any atom is -0.376 e. The van der Waals surface area contributed by atoms with E-state index in [2.05, 4.69) is 49.4 Å². The molecule has 1 N–H and O–H groups in total. The van der Waals surface area contributed by atoms with Crippen LogP contribution in [-0.4, -0.2) is 33.9 Å². The SMILES string of the molecule is CC(C)(C)c1cc(NC[C@H]2CCCO2)n2ncc(-c3ccccc3)c2n1. The van der Waals surface area contributed by atoms with Crippen molar-refractivity contribution in [2.45, 2.75) is 45.1 Å². The number of benzene rings is 1. The standard InChI is InChI=1S/C21H26N4O/c1-21(2,3)18-12-19(22-13-16-10-7-11-26-16)25-20(24-18)17(14-23-25)15-8-5-4-6-9-15/h4-6,8-9,12,14,16,22H,7,10-11,13H2,1-3H3/t16-/m1/s1. The smallest absolute Gasteiger partial charge is 0.165 e. The summed E-state index contributed by atoms with van der Waals surface area (Å²) in [5.41, 5.74) is 4.08. The molecule has 3 heterocycles. The highest BCUT2D eigenvalue weighted by molar-refractivity contribution is 5.78. The number of anilines is 1. The third kappa shape index (κ3) is 3.31. The van der Waals surface area contributed by atoms with Gasteiger partial charge in [-0.1, -0.05) is 51.1 Å². The van der Waals surface area contributed by atoms with Crippen LogP contribution in [0.5, 0.6) is 0 Å². The second-order valence-electron chi connectivity index (χ2n) is 7.95. The lowest BCUT2D eigenvalue weighted by Crippen LogP contribution is -2.21. The molecule has 0 amide bonds. The Hall–Kier alpha value is -2.40. The van der Waals surface area contributed by atoms with E-state index in [-0.39, 0.29) is 11.5 Å². The first kappa shape index (κ1) is 17.0. The third-order valence-electron chi connectivity index (χ3n) is 4.86. The van der Waals surface area contributed by atoms with Crippen LogP contribution in [0.2, 0.25) is 0 Å². The Kier molecular flexibility index (Phi) is 4.41. The molecule has 1 saturated heterocycles. The van der Waals surface area contributed by atoms with E-state index in [0.717, 1.165) is 54.3 Å². The van der Waals surface area contributed by atoms with Gasteiger partial charge in [0.15, 0.2) is 5.65 Å². The van der Waals surface area contributed by atoms with Crippen LogP contribution in [-0.2, 0) is 10.2 Å². The molecule has 1 aliphatic heterocycles. The maximum Gasteiger partial charge on any atom is 0.165 e. The molecule has 1 atom stereocenters. The molecule has 2 aromatic heterocycles. The van der Waals surface area contributed by atoms with Crippen LogP contribution in [0, 0.1) is 0 Å². The first-order valence-electron chi connectivity index (χ1n) is 9.32. The first-order valence-corrected chi connectivity index (χ1v) is 9.32. The van der Waals surface area contributed by atoms with E-state index in [4.69, 9.17) is 9.72 Å². The van der Waals surface area contributed by atoms with E-state index in [0.29, 0.717) is 0 Å². The third-order valence-corrected chi connectivity index (χ3v) is 4.86. The quantitative estimate of drug-likeness (QED) is 0.763. The molecule has 0 unspecified atom stereocenters. The Balaban J connectivity index is 1.78. The van der Waals surface area contributed by atoms with Crippen molar-refractivity contribution < 1.29 is 4.74 Å². The molecule has 1 fully saturated rings. The highest BCUT2D eigenvalue weighted by Gasteiger charge is 2.21. The topological polar surface area (TPSA) is 51.5 Å². The van der Waals surface area contributed by atoms with Crippen molar-refractivity contribution >= 4 is 11.5 Å². The summed E-state index contributed by atoms with van der Waals surface area (Å²) < 4.78 is 7.66. The predicted molar refractivity (Wildman–Crippen MR) is 105 cm³/mol. The molecule has 5 heteroatoms. The fourth-order valence-electron chi connectivity index (χ4n) is 3.32. The van der Waals surface area contributed by atoms with Crippen LogP contribution in [0.1, 0.15) is 39.3 Å². The number of aromatic nitrogens is 3. The second kappa shape index (κ2) is 6.72. The van der Waals surface area contributed by atoms with Gasteiger partial charge in [0.1, 0.15) is 5.82 Å². The first-order chi connectivity index (χ1) is 12.5.